The Morgan fingerprint density at radius 2 is 1.89 bits per heavy atom. The predicted octanol–water partition coefficient (Wildman–Crippen LogP) is 5.18. The van der Waals surface area contributed by atoms with E-state index in [1.165, 1.54) is 6.07 Å². The maximum Gasteiger partial charge on any atom is 0.257 e. The van der Waals surface area contributed by atoms with Gasteiger partial charge < -0.3 is 14.8 Å². The Morgan fingerprint density at radius 3 is 2.54 bits per heavy atom. The lowest BCUT2D eigenvalue weighted by molar-refractivity contribution is 0.0977. The van der Waals surface area contributed by atoms with Gasteiger partial charge in [0.05, 0.1) is 10.0 Å². The molecule has 2 aromatic carbocycles. The summed E-state index contributed by atoms with van der Waals surface area (Å²) in [5.74, 6) is 0.780. The molecule has 144 valence electrons. The molecule has 0 aliphatic heterocycles. The van der Waals surface area contributed by atoms with E-state index in [4.69, 9.17) is 44.9 Å². The van der Waals surface area contributed by atoms with Crippen LogP contribution >= 0.6 is 35.4 Å². The first-order valence-corrected chi connectivity index (χ1v) is 9.42. The second-order valence-electron chi connectivity index (χ2n) is 5.99. The number of carbonyl (C=O) groups excluding carboxylic acids is 1. The quantitative estimate of drug-likeness (QED) is 0.493. The summed E-state index contributed by atoms with van der Waals surface area (Å²) >= 11 is 17.0. The van der Waals surface area contributed by atoms with E-state index in [9.17, 15) is 4.79 Å². The number of aryl methyl sites for hydroxylation is 1. The summed E-state index contributed by atoms with van der Waals surface area (Å²) in [6.45, 7) is 1.78. The number of aliphatic hydroxyl groups excluding tert-OH is 1. The lowest BCUT2D eigenvalue weighted by Gasteiger charge is -2.12. The highest BCUT2D eigenvalue weighted by atomic mass is 35.5. The van der Waals surface area contributed by atoms with E-state index in [1.54, 1.807) is 18.2 Å². The minimum Gasteiger partial charge on any atom is -0.459 e. The van der Waals surface area contributed by atoms with E-state index in [-0.39, 0.29) is 11.7 Å². The Labute approximate surface area is 177 Å². The number of rotatable bonds is 4. The van der Waals surface area contributed by atoms with Crippen molar-refractivity contribution >= 4 is 52.1 Å². The maximum atomic E-state index is 12.3. The van der Waals surface area contributed by atoms with Crippen LogP contribution in [0.15, 0.2) is 52.9 Å². The van der Waals surface area contributed by atoms with E-state index in [2.05, 4.69) is 10.6 Å². The van der Waals surface area contributed by atoms with Crippen molar-refractivity contribution in [3.05, 3.63) is 75.5 Å². The second kappa shape index (κ2) is 8.75. The van der Waals surface area contributed by atoms with Gasteiger partial charge in [-0.1, -0.05) is 23.2 Å². The van der Waals surface area contributed by atoms with Crippen molar-refractivity contribution < 1.29 is 14.3 Å². The fourth-order valence-corrected chi connectivity index (χ4v) is 3.11. The maximum absolute atomic E-state index is 12.3. The molecule has 3 rings (SSSR count). The molecule has 0 saturated heterocycles. The highest BCUT2D eigenvalue weighted by Gasteiger charge is 2.12. The Balaban J connectivity index is 1.67. The van der Waals surface area contributed by atoms with Crippen LogP contribution in [0.25, 0.3) is 11.3 Å². The molecule has 8 heteroatoms. The number of amides is 1. The van der Waals surface area contributed by atoms with Crippen molar-refractivity contribution in [1.29, 1.82) is 0 Å². The molecule has 1 heterocycles. The molecule has 0 radical (unpaired) electrons. The van der Waals surface area contributed by atoms with E-state index in [0.717, 1.165) is 16.8 Å². The summed E-state index contributed by atoms with van der Waals surface area (Å²) in [6.07, 6.45) is 0. The minimum absolute atomic E-state index is 0.147. The van der Waals surface area contributed by atoms with Crippen LogP contribution in [0.5, 0.6) is 0 Å². The molecule has 0 aliphatic carbocycles. The number of nitrogens with one attached hydrogen (secondary N) is 2. The van der Waals surface area contributed by atoms with Gasteiger partial charge in [0.1, 0.15) is 18.1 Å². The normalized spacial score (nSPS) is 10.6. The van der Waals surface area contributed by atoms with Crippen molar-refractivity contribution in [2.45, 2.75) is 13.5 Å². The minimum atomic E-state index is -0.392. The van der Waals surface area contributed by atoms with Gasteiger partial charge >= 0.3 is 0 Å². The van der Waals surface area contributed by atoms with Crippen molar-refractivity contribution in [1.82, 2.24) is 5.32 Å². The van der Waals surface area contributed by atoms with E-state index >= 15 is 0 Å². The molecular weight excluding hydrogens is 419 g/mol. The molecule has 3 aromatic rings. The highest BCUT2D eigenvalue weighted by Crippen LogP contribution is 2.28. The van der Waals surface area contributed by atoms with E-state index in [1.807, 2.05) is 31.2 Å². The monoisotopic (exact) mass is 434 g/mol. The molecule has 0 fully saturated rings. The van der Waals surface area contributed by atoms with Gasteiger partial charge in [-0.15, -0.1) is 0 Å². The third-order valence-corrected chi connectivity index (χ3v) is 4.92. The second-order valence-corrected chi connectivity index (χ2v) is 7.21. The smallest absolute Gasteiger partial charge is 0.257 e. The van der Waals surface area contributed by atoms with Crippen LogP contribution in [0.3, 0.4) is 0 Å². The molecule has 0 saturated carbocycles. The first-order chi connectivity index (χ1) is 13.4. The first kappa shape index (κ1) is 20.4. The summed E-state index contributed by atoms with van der Waals surface area (Å²) in [5, 5.41) is 15.5. The van der Waals surface area contributed by atoms with Crippen molar-refractivity contribution in [3.8, 4) is 11.3 Å². The van der Waals surface area contributed by atoms with Gasteiger partial charge in [-0.2, -0.15) is 0 Å². The highest BCUT2D eigenvalue weighted by molar-refractivity contribution is 7.80. The zero-order chi connectivity index (χ0) is 20.3. The van der Waals surface area contributed by atoms with Crippen molar-refractivity contribution in [2.24, 2.45) is 0 Å². The molecule has 0 aliphatic rings. The number of benzene rings is 2. The van der Waals surface area contributed by atoms with Gasteiger partial charge in [0, 0.05) is 16.8 Å². The molecule has 0 atom stereocenters. The zero-order valence-electron chi connectivity index (χ0n) is 14.8. The van der Waals surface area contributed by atoms with Gasteiger partial charge in [0.2, 0.25) is 0 Å². The standard InChI is InChI=1S/C20H16Cl2N2O3S/c1-11-8-13(3-5-15(11)18-7-4-14(10-25)27-18)23-20(28)24-19(26)12-2-6-16(21)17(22)9-12/h2-9,25H,10H2,1H3,(H2,23,24,26,28). The number of furan rings is 1. The topological polar surface area (TPSA) is 74.5 Å². The number of carbonyl (C=O) groups is 1. The molecule has 0 spiro atoms. The molecule has 0 unspecified atom stereocenters. The summed E-state index contributed by atoms with van der Waals surface area (Å²) in [7, 11) is 0. The lowest BCUT2D eigenvalue weighted by Crippen LogP contribution is -2.34. The summed E-state index contributed by atoms with van der Waals surface area (Å²) < 4.78 is 5.57. The largest absolute Gasteiger partial charge is 0.459 e. The van der Waals surface area contributed by atoms with Crippen LogP contribution in [0.1, 0.15) is 21.7 Å². The van der Waals surface area contributed by atoms with Gasteiger partial charge in [0.25, 0.3) is 5.91 Å². The molecule has 28 heavy (non-hydrogen) atoms. The number of hydrogen-bond acceptors (Lipinski definition) is 4. The van der Waals surface area contributed by atoms with Gasteiger partial charge in [-0.25, -0.2) is 0 Å². The third kappa shape index (κ3) is 4.72. The fourth-order valence-electron chi connectivity index (χ4n) is 2.60. The number of halogens is 2. The molecule has 1 aromatic heterocycles. The van der Waals surface area contributed by atoms with E-state index < -0.39 is 5.91 Å². The number of aliphatic hydroxyl groups is 1. The Kier molecular flexibility index (Phi) is 6.36. The van der Waals surface area contributed by atoms with Crippen LogP contribution in [0.2, 0.25) is 10.0 Å². The average Bonchev–Trinajstić information content (AvgIpc) is 3.12. The molecule has 1 amide bonds. The molecule has 3 N–H and O–H groups in total. The van der Waals surface area contributed by atoms with Gasteiger partial charge in [-0.05, 0) is 73.2 Å². The van der Waals surface area contributed by atoms with Gasteiger partial charge in [0.15, 0.2) is 5.11 Å². The number of hydrogen-bond donors (Lipinski definition) is 3. The van der Waals surface area contributed by atoms with Crippen LogP contribution in [-0.2, 0) is 6.61 Å². The van der Waals surface area contributed by atoms with Crippen molar-refractivity contribution in [3.63, 3.8) is 0 Å². The fraction of sp³-hybridized carbons (Fsp3) is 0.100. The average molecular weight is 435 g/mol. The summed E-state index contributed by atoms with van der Waals surface area (Å²) in [5.41, 5.74) is 2.91. The Morgan fingerprint density at radius 1 is 1.11 bits per heavy atom. The van der Waals surface area contributed by atoms with Crippen molar-refractivity contribution in [2.75, 3.05) is 5.32 Å². The van der Waals surface area contributed by atoms with Crippen LogP contribution < -0.4 is 10.6 Å². The molecule has 0 bridgehead atoms. The predicted molar refractivity (Wildman–Crippen MR) is 115 cm³/mol. The first-order valence-electron chi connectivity index (χ1n) is 8.25. The molecule has 5 nitrogen and oxygen atoms in total. The SMILES string of the molecule is Cc1cc(NC(=S)NC(=O)c2ccc(Cl)c(Cl)c2)ccc1-c1ccc(CO)o1. The van der Waals surface area contributed by atoms with Crippen LogP contribution in [0.4, 0.5) is 5.69 Å². The molecular formula is C20H16Cl2N2O3S. The van der Waals surface area contributed by atoms with Crippen LogP contribution in [0, 0.1) is 6.92 Å². The Hall–Kier alpha value is -2.38. The number of anilines is 1. The third-order valence-electron chi connectivity index (χ3n) is 3.98. The lowest BCUT2D eigenvalue weighted by atomic mass is 10.1. The Bertz CT molecular complexity index is 1050. The zero-order valence-corrected chi connectivity index (χ0v) is 17.1. The summed E-state index contributed by atoms with van der Waals surface area (Å²) in [6, 6.07) is 13.7. The van der Waals surface area contributed by atoms with Crippen LogP contribution in [-0.4, -0.2) is 16.1 Å². The van der Waals surface area contributed by atoms with Gasteiger partial charge in [-0.3, -0.25) is 10.1 Å². The number of thiocarbonyl (C=S) groups is 1. The summed E-state index contributed by atoms with van der Waals surface area (Å²) in [4.78, 5) is 12.3. The van der Waals surface area contributed by atoms with E-state index in [0.29, 0.717) is 27.1 Å².